The van der Waals surface area contributed by atoms with Gasteiger partial charge in [-0.15, -0.1) is 10.2 Å². The van der Waals surface area contributed by atoms with Crippen molar-refractivity contribution in [3.8, 4) is 16.9 Å². The highest BCUT2D eigenvalue weighted by atomic mass is 32.2. The van der Waals surface area contributed by atoms with Crippen molar-refractivity contribution >= 4 is 39.6 Å². The molecule has 2 heterocycles. The lowest BCUT2D eigenvalue weighted by atomic mass is 9.98. The van der Waals surface area contributed by atoms with E-state index in [-0.39, 0.29) is 0 Å². The summed E-state index contributed by atoms with van der Waals surface area (Å²) in [6, 6.07) is 25.9. The second-order valence-electron chi connectivity index (χ2n) is 10.9. The molecule has 2 N–H and O–H groups in total. The van der Waals surface area contributed by atoms with Crippen LogP contribution in [0, 0.1) is 13.8 Å². The maximum absolute atomic E-state index is 12.7. The predicted octanol–water partition coefficient (Wildman–Crippen LogP) is 5.98. The highest BCUT2D eigenvalue weighted by Crippen LogP contribution is 2.31. The topological polar surface area (TPSA) is 109 Å². The molecule has 224 valence electrons. The second-order valence-corrected chi connectivity index (χ2v) is 12.2. The summed E-state index contributed by atoms with van der Waals surface area (Å²) in [7, 11) is -1.27. The normalized spacial score (nSPS) is 14.0. The molecule has 1 unspecified atom stereocenters. The molecule has 0 spiro atoms. The summed E-state index contributed by atoms with van der Waals surface area (Å²) in [6.07, 6.45) is 2.50. The molecule has 1 aliphatic rings. The van der Waals surface area contributed by atoms with E-state index in [1.807, 2.05) is 68.4 Å². The lowest BCUT2D eigenvalue weighted by Crippen LogP contribution is -2.30. The number of esters is 1. The van der Waals surface area contributed by atoms with Crippen molar-refractivity contribution in [2.75, 3.05) is 31.5 Å². The van der Waals surface area contributed by atoms with E-state index in [1.165, 1.54) is 12.8 Å². The van der Waals surface area contributed by atoms with Gasteiger partial charge in [-0.25, -0.2) is 18.7 Å². The summed E-state index contributed by atoms with van der Waals surface area (Å²) in [5.74, 6) is 0.434. The zero-order chi connectivity index (χ0) is 30.5. The molecule has 1 saturated heterocycles. The Kier molecular flexibility index (Phi) is 9.02. The molecule has 0 aliphatic carbocycles. The van der Waals surface area contributed by atoms with Gasteiger partial charge in [-0.1, -0.05) is 24.3 Å². The monoisotopic (exact) mass is 606 g/mol. The average Bonchev–Trinajstić information content (AvgIpc) is 3.56. The minimum Gasteiger partial charge on any atom is -0.423 e. The Balaban J connectivity index is 1.14. The molecule has 44 heavy (non-hydrogen) atoms. The van der Waals surface area contributed by atoms with Crippen LogP contribution < -0.4 is 14.8 Å². The molecule has 5 aromatic rings. The van der Waals surface area contributed by atoms with Crippen LogP contribution in [-0.4, -0.2) is 56.4 Å². The number of nitrogens with one attached hydrogen (secondary N) is 2. The number of rotatable bonds is 10. The maximum Gasteiger partial charge on any atom is 0.343 e. The third kappa shape index (κ3) is 6.99. The number of carbonyl (C=O) groups is 1. The Morgan fingerprint density at radius 1 is 0.909 bits per heavy atom. The first kappa shape index (κ1) is 29.6. The molecule has 0 amide bonds. The number of aryl methyl sites for hydroxylation is 2. The molecule has 1 fully saturated rings. The number of hydrogen-bond acceptors (Lipinski definition) is 8. The van der Waals surface area contributed by atoms with Gasteiger partial charge < -0.3 is 15.0 Å². The molecule has 10 heteroatoms. The molecule has 9 nitrogen and oxygen atoms in total. The summed E-state index contributed by atoms with van der Waals surface area (Å²) >= 11 is 0. The molecule has 1 aliphatic heterocycles. The van der Waals surface area contributed by atoms with Gasteiger partial charge in [-0.05, 0) is 123 Å². The van der Waals surface area contributed by atoms with E-state index >= 15 is 0 Å². The van der Waals surface area contributed by atoms with Crippen LogP contribution in [0.3, 0.4) is 0 Å². The van der Waals surface area contributed by atoms with Gasteiger partial charge in [0.05, 0.1) is 16.0 Å². The number of aromatic nitrogens is 3. The van der Waals surface area contributed by atoms with Crippen molar-refractivity contribution in [3.63, 3.8) is 0 Å². The standard InChI is InChI=1S/C34H34N6O3S/c1-23-10-13-28(43-33(41)25-8-4-3-5-9-25)22-30(23)26-20-24(2)32-31(21-26)38-39-34(37-32)36-27-11-14-29(15-12-27)44(42)35-16-19-40-17-6-7-18-40/h3-5,8-15,20-22,35H,6-7,16-19H2,1-2H3,(H,36,37,39). The Labute approximate surface area is 259 Å². The summed E-state index contributed by atoms with van der Waals surface area (Å²) in [4.78, 5) is 20.4. The molecular formula is C34H34N6O3S. The van der Waals surface area contributed by atoms with E-state index in [9.17, 15) is 9.00 Å². The zero-order valence-corrected chi connectivity index (χ0v) is 25.6. The van der Waals surface area contributed by atoms with Crippen LogP contribution in [-0.2, 0) is 11.0 Å². The molecule has 6 rings (SSSR count). The quantitative estimate of drug-likeness (QED) is 0.148. The van der Waals surface area contributed by atoms with Crippen LogP contribution in [0.2, 0.25) is 0 Å². The molecule has 0 bridgehead atoms. The molecule has 1 aromatic heterocycles. The Hall–Kier alpha value is -4.51. The van der Waals surface area contributed by atoms with Crippen molar-refractivity contribution in [3.05, 3.63) is 102 Å². The fourth-order valence-electron chi connectivity index (χ4n) is 5.31. The summed E-state index contributed by atoms with van der Waals surface area (Å²) < 4.78 is 21.4. The molecule has 0 radical (unpaired) electrons. The van der Waals surface area contributed by atoms with E-state index in [2.05, 4.69) is 25.1 Å². The van der Waals surface area contributed by atoms with Gasteiger partial charge >= 0.3 is 5.97 Å². The predicted molar refractivity (Wildman–Crippen MR) is 173 cm³/mol. The Morgan fingerprint density at radius 2 is 1.68 bits per heavy atom. The molecule has 1 atom stereocenters. The lowest BCUT2D eigenvalue weighted by molar-refractivity contribution is 0.0735. The van der Waals surface area contributed by atoms with Gasteiger partial charge in [0.2, 0.25) is 5.95 Å². The second kappa shape index (κ2) is 13.4. The van der Waals surface area contributed by atoms with Crippen LogP contribution in [0.25, 0.3) is 22.2 Å². The van der Waals surface area contributed by atoms with Crippen molar-refractivity contribution in [2.24, 2.45) is 0 Å². The largest absolute Gasteiger partial charge is 0.423 e. The number of anilines is 2. The number of likely N-dealkylation sites (tertiary alicyclic amines) is 1. The number of fused-ring (bicyclic) bond motifs is 1. The molecule has 0 saturated carbocycles. The highest BCUT2D eigenvalue weighted by Gasteiger charge is 2.14. The summed E-state index contributed by atoms with van der Waals surface area (Å²) in [6.45, 7) is 7.86. The van der Waals surface area contributed by atoms with Gasteiger partial charge in [-0.2, -0.15) is 0 Å². The number of ether oxygens (including phenoxy) is 1. The van der Waals surface area contributed by atoms with E-state index in [0.29, 0.717) is 34.2 Å². The molecular weight excluding hydrogens is 572 g/mol. The highest BCUT2D eigenvalue weighted by molar-refractivity contribution is 7.83. The van der Waals surface area contributed by atoms with Crippen LogP contribution in [0.15, 0.2) is 89.8 Å². The van der Waals surface area contributed by atoms with E-state index in [0.717, 1.165) is 53.1 Å². The van der Waals surface area contributed by atoms with Crippen molar-refractivity contribution in [1.82, 2.24) is 24.8 Å². The fraction of sp³-hybridized carbons (Fsp3) is 0.235. The third-order valence-corrected chi connectivity index (χ3v) is 8.84. The number of benzene rings is 4. The van der Waals surface area contributed by atoms with E-state index in [4.69, 9.17) is 9.72 Å². The van der Waals surface area contributed by atoms with Crippen LogP contribution in [0.4, 0.5) is 11.6 Å². The van der Waals surface area contributed by atoms with Gasteiger partial charge in [0.1, 0.15) is 22.3 Å². The molecule has 4 aromatic carbocycles. The number of carbonyl (C=O) groups excluding carboxylic acids is 1. The van der Waals surface area contributed by atoms with Crippen molar-refractivity contribution < 1.29 is 13.7 Å². The zero-order valence-electron chi connectivity index (χ0n) is 24.7. The lowest BCUT2D eigenvalue weighted by Gasteiger charge is -2.14. The van der Waals surface area contributed by atoms with Crippen LogP contribution in [0.5, 0.6) is 5.75 Å². The maximum atomic E-state index is 12.7. The van der Waals surface area contributed by atoms with Crippen LogP contribution in [0.1, 0.15) is 34.3 Å². The van der Waals surface area contributed by atoms with Gasteiger partial charge in [0.25, 0.3) is 0 Å². The van der Waals surface area contributed by atoms with Crippen LogP contribution >= 0.6 is 0 Å². The summed E-state index contributed by atoms with van der Waals surface area (Å²) in [5, 5.41) is 12.0. The smallest absolute Gasteiger partial charge is 0.343 e. The van der Waals surface area contributed by atoms with E-state index in [1.54, 1.807) is 30.3 Å². The fourth-order valence-corrected chi connectivity index (χ4v) is 6.14. The number of hydrogen-bond donors (Lipinski definition) is 2. The Bertz CT molecular complexity index is 1810. The van der Waals surface area contributed by atoms with Gasteiger partial charge in [-0.3, -0.25) is 0 Å². The van der Waals surface area contributed by atoms with Gasteiger partial charge in [0.15, 0.2) is 0 Å². The summed E-state index contributed by atoms with van der Waals surface area (Å²) in [5.41, 5.74) is 6.49. The first-order valence-electron chi connectivity index (χ1n) is 14.7. The minimum absolute atomic E-state index is 0.372. The average molecular weight is 607 g/mol. The first-order chi connectivity index (χ1) is 21.4. The van der Waals surface area contributed by atoms with Crippen molar-refractivity contribution in [2.45, 2.75) is 31.6 Å². The van der Waals surface area contributed by atoms with Crippen molar-refractivity contribution in [1.29, 1.82) is 0 Å². The minimum atomic E-state index is -1.27. The third-order valence-electron chi connectivity index (χ3n) is 7.68. The number of nitrogens with zero attached hydrogens (tertiary/aromatic N) is 4. The first-order valence-corrected chi connectivity index (χ1v) is 15.9. The van der Waals surface area contributed by atoms with Gasteiger partial charge in [0, 0.05) is 18.8 Å². The SMILES string of the molecule is Cc1ccc(OC(=O)c2ccccc2)cc1-c1cc(C)c2nc(Nc3ccc(S(=O)NCCN4CCCC4)cc3)nnc2c1. The van der Waals surface area contributed by atoms with E-state index < -0.39 is 17.0 Å². The Morgan fingerprint density at radius 3 is 2.45 bits per heavy atom.